The molecule has 5 heteroatoms. The van der Waals surface area contributed by atoms with E-state index in [1.165, 1.54) is 0 Å². The minimum absolute atomic E-state index is 0. The van der Waals surface area contributed by atoms with Gasteiger partial charge in [0.2, 0.25) is 0 Å². The summed E-state index contributed by atoms with van der Waals surface area (Å²) in [5, 5.41) is 0. The standard InChI is InChI=1S/2Al.3Ni/q;+3;3*-1. The summed E-state index contributed by atoms with van der Waals surface area (Å²) in [5.41, 5.74) is 0. The smallest absolute Gasteiger partial charge is 1.00 e. The van der Waals surface area contributed by atoms with Gasteiger partial charge in [-0.2, -0.15) is 0 Å². The van der Waals surface area contributed by atoms with Crippen molar-refractivity contribution in [2.24, 2.45) is 0 Å². The van der Waals surface area contributed by atoms with Gasteiger partial charge in [-0.25, -0.2) is 0 Å². The van der Waals surface area contributed by atoms with Crippen molar-refractivity contribution in [3.63, 3.8) is 0 Å². The zero-order valence-corrected chi connectivity index (χ0v) is 7.38. The number of rotatable bonds is 0. The molecule has 0 heterocycles. The Balaban J connectivity index is 0. The molecule has 5 heavy (non-hydrogen) atoms. The minimum atomic E-state index is 0. The van der Waals surface area contributed by atoms with Gasteiger partial charge in [0.05, 0.1) is 0 Å². The van der Waals surface area contributed by atoms with Gasteiger partial charge >= 0.3 is 17.4 Å². The predicted molar refractivity (Wildman–Crippen MR) is 11.5 cm³/mol. The molecule has 36 valence electrons. The van der Waals surface area contributed by atoms with Crippen LogP contribution >= 0.6 is 0 Å². The van der Waals surface area contributed by atoms with Crippen LogP contribution in [0.2, 0.25) is 0 Å². The van der Waals surface area contributed by atoms with Gasteiger partial charge in [-0.15, -0.1) is 0 Å². The molecule has 0 aliphatic carbocycles. The van der Waals surface area contributed by atoms with Crippen LogP contribution in [0.25, 0.3) is 0 Å². The second-order valence-electron chi connectivity index (χ2n) is 0. The maximum absolute atomic E-state index is 0. The molecule has 0 bridgehead atoms. The molecule has 0 N–H and O–H groups in total. The topological polar surface area (TPSA) is 0 Å². The van der Waals surface area contributed by atoms with E-state index in [-0.39, 0.29) is 84.2 Å². The van der Waals surface area contributed by atoms with Crippen LogP contribution in [0, 0.1) is 0 Å². The summed E-state index contributed by atoms with van der Waals surface area (Å²) in [6, 6.07) is 0. The molecule has 0 aromatic rings. The largest absolute Gasteiger partial charge is 3.00 e. The Morgan fingerprint density at radius 1 is 0.600 bits per heavy atom. The maximum atomic E-state index is 0. The van der Waals surface area contributed by atoms with Crippen molar-refractivity contribution in [1.82, 2.24) is 0 Å². The van der Waals surface area contributed by atoms with Crippen molar-refractivity contribution < 1.29 is 49.5 Å². The van der Waals surface area contributed by atoms with E-state index in [0.717, 1.165) is 0 Å². The summed E-state index contributed by atoms with van der Waals surface area (Å²) in [4.78, 5) is 0. The fourth-order valence-electron chi connectivity index (χ4n) is 0. The summed E-state index contributed by atoms with van der Waals surface area (Å²) >= 11 is 0. The van der Waals surface area contributed by atoms with Crippen LogP contribution < -0.4 is 0 Å². The zero-order valence-electron chi connectivity index (χ0n) is 2.10. The second-order valence-corrected chi connectivity index (χ2v) is 0. The van der Waals surface area contributed by atoms with Crippen molar-refractivity contribution in [3.8, 4) is 0 Å². The summed E-state index contributed by atoms with van der Waals surface area (Å²) in [7, 11) is 0. The molecule has 6 radical (unpaired) electrons. The molecule has 0 fully saturated rings. The Labute approximate surface area is 83.3 Å². The van der Waals surface area contributed by atoms with E-state index < -0.39 is 0 Å². The van der Waals surface area contributed by atoms with E-state index in [4.69, 9.17) is 0 Å². The van der Waals surface area contributed by atoms with Gasteiger partial charge < -0.3 is 49.5 Å². The van der Waals surface area contributed by atoms with E-state index in [0.29, 0.717) is 0 Å². The Hall–Kier alpha value is 2.55. The van der Waals surface area contributed by atoms with Gasteiger partial charge in [-0.05, 0) is 0 Å². The summed E-state index contributed by atoms with van der Waals surface area (Å²) < 4.78 is 0. The third-order valence-corrected chi connectivity index (χ3v) is 0. The summed E-state index contributed by atoms with van der Waals surface area (Å²) in [6.45, 7) is 0. The molecule has 0 amide bonds. The first-order valence-corrected chi connectivity index (χ1v) is 0. The van der Waals surface area contributed by atoms with Crippen LogP contribution in [0.5, 0.6) is 0 Å². The average Bonchev–Trinajstić information content (AvgIpc) is 0. The minimum Gasteiger partial charge on any atom is -1.00 e. The van der Waals surface area contributed by atoms with E-state index in [1.807, 2.05) is 0 Å². The van der Waals surface area contributed by atoms with E-state index in [2.05, 4.69) is 0 Å². The maximum Gasteiger partial charge on any atom is 3.00 e. The van der Waals surface area contributed by atoms with Crippen LogP contribution in [-0.4, -0.2) is 34.7 Å². The monoisotopic (exact) mass is 228 g/mol. The fraction of sp³-hybridized carbons (Fsp3) is 0. The Bertz CT molecular complexity index is 4.85. The normalized spacial score (nSPS) is 0. The SMILES string of the molecule is [Al+3].[Al].[Ni-].[Ni-].[Ni-]. The first-order valence-electron chi connectivity index (χ1n) is 0. The van der Waals surface area contributed by atoms with Crippen molar-refractivity contribution >= 4 is 34.7 Å². The fourth-order valence-corrected chi connectivity index (χ4v) is 0. The molecule has 0 spiro atoms. The van der Waals surface area contributed by atoms with Gasteiger partial charge in [0.15, 0.2) is 0 Å². The average molecular weight is 230 g/mol. The molecule has 0 atom stereocenters. The molecule has 0 saturated carbocycles. The first kappa shape index (κ1) is 49.9. The van der Waals surface area contributed by atoms with Gasteiger partial charge in [0.1, 0.15) is 0 Å². The third kappa shape index (κ3) is 20.9. The van der Waals surface area contributed by atoms with Crippen molar-refractivity contribution in [1.29, 1.82) is 0 Å². The van der Waals surface area contributed by atoms with Crippen LogP contribution in [0.4, 0.5) is 0 Å². The quantitative estimate of drug-likeness (QED) is 0.479. The van der Waals surface area contributed by atoms with Gasteiger partial charge in [-0.1, -0.05) is 0 Å². The summed E-state index contributed by atoms with van der Waals surface area (Å²) in [6.07, 6.45) is 0. The van der Waals surface area contributed by atoms with Gasteiger partial charge in [-0.3, -0.25) is 0 Å². The Morgan fingerprint density at radius 3 is 0.600 bits per heavy atom. The van der Waals surface area contributed by atoms with Crippen molar-refractivity contribution in [2.75, 3.05) is 0 Å². The van der Waals surface area contributed by atoms with E-state index in [1.54, 1.807) is 0 Å². The molecular formula is Al2Ni3. The Morgan fingerprint density at radius 2 is 0.600 bits per heavy atom. The molecule has 0 aromatic heterocycles. The molecule has 0 unspecified atom stereocenters. The van der Waals surface area contributed by atoms with E-state index >= 15 is 0 Å². The predicted octanol–water partition coefficient (Wildman–Crippen LogP) is -0.769. The molecule has 0 nitrogen and oxygen atoms in total. The Kier molecular flexibility index (Phi) is 310. The zero-order chi connectivity index (χ0) is 0. The molecule has 0 aliphatic heterocycles. The summed E-state index contributed by atoms with van der Waals surface area (Å²) in [5.74, 6) is 0. The first-order chi connectivity index (χ1) is 0. The molecule has 0 saturated heterocycles. The molecule has 0 aromatic carbocycles. The second kappa shape index (κ2) is 31.1. The van der Waals surface area contributed by atoms with Crippen molar-refractivity contribution in [2.45, 2.75) is 0 Å². The van der Waals surface area contributed by atoms with Crippen LogP contribution in [0.3, 0.4) is 0 Å². The third-order valence-electron chi connectivity index (χ3n) is 0. The van der Waals surface area contributed by atoms with Crippen LogP contribution in [0.1, 0.15) is 0 Å². The number of hydrogen-bond acceptors (Lipinski definition) is 0. The molecule has 0 aliphatic rings. The van der Waals surface area contributed by atoms with Crippen LogP contribution in [0.15, 0.2) is 0 Å². The van der Waals surface area contributed by atoms with Gasteiger partial charge in [0, 0.05) is 17.4 Å². The van der Waals surface area contributed by atoms with Crippen molar-refractivity contribution in [3.05, 3.63) is 0 Å². The molecule has 0 rings (SSSR count). The van der Waals surface area contributed by atoms with Crippen LogP contribution in [-0.2, 0) is 49.5 Å². The molecular weight excluding hydrogens is 230 g/mol. The van der Waals surface area contributed by atoms with Gasteiger partial charge in [0.25, 0.3) is 0 Å². The number of hydrogen-bond donors (Lipinski definition) is 0. The van der Waals surface area contributed by atoms with E-state index in [9.17, 15) is 0 Å².